The van der Waals surface area contributed by atoms with Gasteiger partial charge in [-0.3, -0.25) is 0 Å². The van der Waals surface area contributed by atoms with Crippen LogP contribution in [0.15, 0.2) is 267 Å². The van der Waals surface area contributed by atoms with Crippen LogP contribution in [-0.2, 0) is 10.8 Å². The number of fused-ring (bicyclic) bond motifs is 9. The van der Waals surface area contributed by atoms with Crippen LogP contribution in [0, 0.1) is 0 Å². The molecule has 0 spiro atoms. The number of para-hydroxylation sites is 2. The molecule has 0 N–H and O–H groups in total. The van der Waals surface area contributed by atoms with Gasteiger partial charge in [0.15, 0.2) is 23.0 Å². The van der Waals surface area contributed by atoms with Gasteiger partial charge >= 0.3 is 0 Å². The molecule has 3 aliphatic rings. The Kier molecular flexibility index (Phi) is 10.9. The molecule has 0 atom stereocenters. The van der Waals surface area contributed by atoms with Crippen molar-refractivity contribution in [2.45, 2.75) is 38.5 Å². The quantitative estimate of drug-likeness (QED) is 0.144. The Bertz CT molecular complexity index is 4390. The predicted molar refractivity (Wildman–Crippen MR) is 331 cm³/mol. The number of hydrogen-bond donors (Lipinski definition) is 0. The van der Waals surface area contributed by atoms with Crippen LogP contribution >= 0.6 is 0 Å². The second kappa shape index (κ2) is 18.4. The fourth-order valence-electron chi connectivity index (χ4n) is 13.1. The van der Waals surface area contributed by atoms with Gasteiger partial charge in [0.1, 0.15) is 5.69 Å². The number of anilines is 6. The fourth-order valence-corrected chi connectivity index (χ4v) is 13.1. The Morgan fingerprint density at radius 1 is 0.275 bits per heavy atom. The predicted octanol–water partition coefficient (Wildman–Crippen LogP) is 21.3. The smallest absolute Gasteiger partial charge is 0.195 e. The molecular weight excluding hydrogens is 973 g/mol. The molecule has 0 unspecified atom stereocenters. The third-order valence-electron chi connectivity index (χ3n) is 17.1. The van der Waals surface area contributed by atoms with Gasteiger partial charge in [-0.15, -0.1) is 0 Å². The third-order valence-corrected chi connectivity index (χ3v) is 17.1. The maximum atomic E-state index is 7.30. The normalized spacial score (nSPS) is 13.7. The van der Waals surface area contributed by atoms with E-state index in [1.807, 2.05) is 24.3 Å². The van der Waals surface area contributed by atoms with Gasteiger partial charge in [0.25, 0.3) is 0 Å². The van der Waals surface area contributed by atoms with Crippen LogP contribution in [0.1, 0.15) is 49.9 Å². The Hall–Kier alpha value is -9.90. The van der Waals surface area contributed by atoms with Crippen LogP contribution in [0.2, 0.25) is 0 Å². The lowest BCUT2D eigenvalue weighted by Gasteiger charge is -2.34. The van der Waals surface area contributed by atoms with Crippen molar-refractivity contribution in [3.63, 3.8) is 0 Å². The summed E-state index contributed by atoms with van der Waals surface area (Å²) >= 11 is 0. The summed E-state index contributed by atoms with van der Waals surface area (Å²) in [5.74, 6) is 2.65. The van der Waals surface area contributed by atoms with Gasteiger partial charge in [0.05, 0.1) is 0 Å². The molecule has 0 radical (unpaired) electrons. The van der Waals surface area contributed by atoms with Crippen LogP contribution in [0.25, 0.3) is 66.4 Å². The lowest BCUT2D eigenvalue weighted by atomic mass is 9.82. The Morgan fingerprint density at radius 2 is 0.637 bits per heavy atom. The first-order chi connectivity index (χ1) is 39.2. The van der Waals surface area contributed by atoms with Gasteiger partial charge in [-0.2, -0.15) is 0 Å². The van der Waals surface area contributed by atoms with Crippen molar-refractivity contribution in [2.75, 3.05) is 9.80 Å². The number of nitrogens with zero attached hydrogens (tertiary/aromatic N) is 2. The summed E-state index contributed by atoms with van der Waals surface area (Å²) in [6, 6.07) is 96.5. The van der Waals surface area contributed by atoms with Gasteiger partial charge in [-0.05, 0) is 151 Å². The van der Waals surface area contributed by atoms with E-state index in [1.54, 1.807) is 0 Å². The molecule has 1 aliphatic heterocycles. The highest BCUT2D eigenvalue weighted by Gasteiger charge is 2.39. The molecule has 0 amide bonds. The lowest BCUT2D eigenvalue weighted by Crippen LogP contribution is -2.17. The third kappa shape index (κ3) is 7.51. The highest BCUT2D eigenvalue weighted by Crippen LogP contribution is 2.61. The van der Waals surface area contributed by atoms with E-state index in [0.717, 1.165) is 61.6 Å². The molecule has 0 aromatic heterocycles. The summed E-state index contributed by atoms with van der Waals surface area (Å²) in [5, 5.41) is 2.08. The molecule has 12 aromatic carbocycles. The molecule has 1 heterocycles. The molecule has 2 aliphatic carbocycles. The van der Waals surface area contributed by atoms with Crippen molar-refractivity contribution in [3.05, 3.63) is 289 Å². The fraction of sp³-hybridized carbons (Fsp3) is 0.0789. The maximum Gasteiger partial charge on any atom is 0.195 e. The number of benzene rings is 12. The zero-order chi connectivity index (χ0) is 53.7. The van der Waals surface area contributed by atoms with E-state index < -0.39 is 0 Å². The van der Waals surface area contributed by atoms with E-state index >= 15 is 0 Å². The highest BCUT2D eigenvalue weighted by atomic mass is 16.6. The monoisotopic (exact) mass is 1030 g/mol. The Labute approximate surface area is 468 Å². The van der Waals surface area contributed by atoms with Crippen molar-refractivity contribution in [1.29, 1.82) is 0 Å². The van der Waals surface area contributed by atoms with Crippen LogP contribution in [0.5, 0.6) is 23.0 Å². The van der Waals surface area contributed by atoms with Crippen LogP contribution in [0.3, 0.4) is 0 Å². The number of ether oxygens (including phenoxy) is 2. The molecule has 0 saturated heterocycles. The van der Waals surface area contributed by atoms with E-state index in [9.17, 15) is 0 Å². The molecular formula is C76H56N2O2. The van der Waals surface area contributed by atoms with Gasteiger partial charge < -0.3 is 19.3 Å². The minimum atomic E-state index is -0.217. The molecule has 4 heteroatoms. The van der Waals surface area contributed by atoms with Gasteiger partial charge in [0.2, 0.25) is 0 Å². The molecule has 80 heavy (non-hydrogen) atoms. The van der Waals surface area contributed by atoms with Crippen molar-refractivity contribution in [2.24, 2.45) is 0 Å². The lowest BCUT2D eigenvalue weighted by molar-refractivity contribution is 0.362. The van der Waals surface area contributed by atoms with E-state index in [0.29, 0.717) is 23.0 Å². The first-order valence-electron chi connectivity index (χ1n) is 27.7. The molecule has 4 nitrogen and oxygen atoms in total. The molecule has 0 fully saturated rings. The molecule has 0 saturated carbocycles. The summed E-state index contributed by atoms with van der Waals surface area (Å²) in [7, 11) is 0. The standard InChI is InChI=1S/C76H56N2O2/c1-75(2)65-27-15-13-23-59(65)61-45-43-57(47-67(61)75)77(54-37-31-51(32-38-54)49-19-7-5-8-20-49)55-41-35-53(36-42-55)71-63-25-11-12-26-64(63)72(74-73(71)79-69-29-17-18-30-70(69)80-74)78(56-39-33-52(34-40-56)50-21-9-6-10-22-50)58-44-46-62-60-24-14-16-28-66(60)76(3,4)68(62)48-58/h5-48H,1-4H3. The summed E-state index contributed by atoms with van der Waals surface area (Å²) in [5.41, 5.74) is 22.9. The van der Waals surface area contributed by atoms with E-state index in [1.165, 1.54) is 61.2 Å². The molecule has 382 valence electrons. The average Bonchev–Trinajstić information content (AvgIpc) is 4.04. The summed E-state index contributed by atoms with van der Waals surface area (Å²) in [4.78, 5) is 4.78. The van der Waals surface area contributed by atoms with Gasteiger partial charge in [-0.25, -0.2) is 0 Å². The van der Waals surface area contributed by atoms with Crippen molar-refractivity contribution in [1.82, 2.24) is 0 Å². The minimum absolute atomic E-state index is 0.161. The zero-order valence-electron chi connectivity index (χ0n) is 45.1. The summed E-state index contributed by atoms with van der Waals surface area (Å²) < 4.78 is 14.6. The van der Waals surface area contributed by atoms with Gasteiger partial charge in [-0.1, -0.05) is 222 Å². The number of hydrogen-bond acceptors (Lipinski definition) is 4. The number of rotatable bonds is 9. The Morgan fingerprint density at radius 3 is 1.15 bits per heavy atom. The topological polar surface area (TPSA) is 24.9 Å². The first kappa shape index (κ1) is 47.3. The SMILES string of the molecule is CC1(C)c2ccccc2-c2ccc(N(c3ccc(-c4ccccc4)cc3)c3ccc(-c4c5c(c(N(c6ccc(-c7ccccc7)cc6)c6ccc7c(c6)C(C)(C)c6ccccc6-7)c6ccccc46)Oc4ccccc4O5)cc3)cc21. The first-order valence-corrected chi connectivity index (χ1v) is 27.7. The summed E-state index contributed by atoms with van der Waals surface area (Å²) in [6.45, 7) is 9.39. The molecule has 0 bridgehead atoms. The second-order valence-electron chi connectivity index (χ2n) is 22.4. The van der Waals surface area contributed by atoms with Crippen LogP contribution < -0.4 is 19.3 Å². The van der Waals surface area contributed by atoms with Crippen molar-refractivity contribution < 1.29 is 9.47 Å². The van der Waals surface area contributed by atoms with E-state index in [-0.39, 0.29) is 10.8 Å². The van der Waals surface area contributed by atoms with E-state index in [4.69, 9.17) is 9.47 Å². The highest BCUT2D eigenvalue weighted by molar-refractivity contribution is 6.12. The van der Waals surface area contributed by atoms with E-state index in [2.05, 4.69) is 280 Å². The van der Waals surface area contributed by atoms with Crippen LogP contribution in [-0.4, -0.2) is 0 Å². The van der Waals surface area contributed by atoms with Crippen molar-refractivity contribution >= 4 is 44.9 Å². The average molecular weight is 1030 g/mol. The van der Waals surface area contributed by atoms with Gasteiger partial charge in [0, 0.05) is 50.2 Å². The summed E-state index contributed by atoms with van der Waals surface area (Å²) in [6.07, 6.45) is 0. The van der Waals surface area contributed by atoms with Crippen LogP contribution in [0.4, 0.5) is 34.1 Å². The largest absolute Gasteiger partial charge is 0.449 e. The zero-order valence-corrected chi connectivity index (χ0v) is 45.1. The second-order valence-corrected chi connectivity index (χ2v) is 22.4. The molecule has 12 aromatic rings. The minimum Gasteiger partial charge on any atom is -0.449 e. The maximum absolute atomic E-state index is 7.30. The Balaban J connectivity index is 0.912. The molecule has 15 rings (SSSR count). The van der Waals surface area contributed by atoms with Crippen molar-refractivity contribution in [3.8, 4) is 78.6 Å².